The molecule has 2 saturated carbocycles. The van der Waals surface area contributed by atoms with Crippen LogP contribution < -0.4 is 10.6 Å². The average Bonchev–Trinajstić information content (AvgIpc) is 3.26. The van der Waals surface area contributed by atoms with Crippen LogP contribution in [0.25, 0.3) is 0 Å². The number of rotatable bonds is 10. The van der Waals surface area contributed by atoms with Gasteiger partial charge in [-0.3, -0.25) is 0 Å². The van der Waals surface area contributed by atoms with E-state index < -0.39 is 0 Å². The summed E-state index contributed by atoms with van der Waals surface area (Å²) in [5.41, 5.74) is 0. The minimum atomic E-state index is 0.874. The summed E-state index contributed by atoms with van der Waals surface area (Å²) in [6.45, 7) is 5.99. The van der Waals surface area contributed by atoms with E-state index in [0.717, 1.165) is 17.9 Å². The summed E-state index contributed by atoms with van der Waals surface area (Å²) in [6, 6.07) is 0.874. The van der Waals surface area contributed by atoms with E-state index in [-0.39, 0.29) is 0 Å². The highest BCUT2D eigenvalue weighted by atomic mass is 14.9. The third-order valence-corrected chi connectivity index (χ3v) is 4.91. The first-order chi connectivity index (χ1) is 9.38. The van der Waals surface area contributed by atoms with Crippen molar-refractivity contribution < 1.29 is 0 Å². The molecule has 2 rings (SSSR count). The van der Waals surface area contributed by atoms with Crippen molar-refractivity contribution in [2.45, 2.75) is 77.2 Å². The van der Waals surface area contributed by atoms with Gasteiger partial charge in [-0.25, -0.2) is 0 Å². The molecule has 2 fully saturated rings. The molecule has 112 valence electrons. The summed E-state index contributed by atoms with van der Waals surface area (Å²) in [4.78, 5) is 0. The van der Waals surface area contributed by atoms with E-state index in [4.69, 9.17) is 0 Å². The van der Waals surface area contributed by atoms with Gasteiger partial charge < -0.3 is 10.6 Å². The SMILES string of the molecule is CCCCC1CCC(CNCCCNC2CC2)CC1. The fourth-order valence-corrected chi connectivity index (χ4v) is 3.33. The van der Waals surface area contributed by atoms with Crippen LogP contribution >= 0.6 is 0 Å². The lowest BCUT2D eigenvalue weighted by Gasteiger charge is -2.28. The third kappa shape index (κ3) is 6.76. The predicted octanol–water partition coefficient (Wildman–Crippen LogP) is 3.71. The lowest BCUT2D eigenvalue weighted by atomic mass is 9.80. The zero-order valence-corrected chi connectivity index (χ0v) is 12.9. The van der Waals surface area contributed by atoms with Crippen molar-refractivity contribution in [1.29, 1.82) is 0 Å². The zero-order valence-electron chi connectivity index (χ0n) is 12.9. The van der Waals surface area contributed by atoms with Gasteiger partial charge >= 0.3 is 0 Å². The Hall–Kier alpha value is -0.0800. The van der Waals surface area contributed by atoms with Crippen LogP contribution in [0.2, 0.25) is 0 Å². The molecular formula is C17H34N2. The molecule has 2 nitrogen and oxygen atoms in total. The van der Waals surface area contributed by atoms with E-state index in [1.807, 2.05) is 0 Å². The largest absolute Gasteiger partial charge is 0.316 e. The number of unbranched alkanes of at least 4 members (excludes halogenated alkanes) is 1. The highest BCUT2D eigenvalue weighted by Gasteiger charge is 2.21. The van der Waals surface area contributed by atoms with Gasteiger partial charge in [0.15, 0.2) is 0 Å². The van der Waals surface area contributed by atoms with Crippen LogP contribution in [0, 0.1) is 11.8 Å². The first-order valence-electron chi connectivity index (χ1n) is 8.82. The lowest BCUT2D eigenvalue weighted by molar-refractivity contribution is 0.254. The monoisotopic (exact) mass is 266 g/mol. The zero-order chi connectivity index (χ0) is 13.3. The first kappa shape index (κ1) is 15.3. The topological polar surface area (TPSA) is 24.1 Å². The molecule has 0 aromatic heterocycles. The molecular weight excluding hydrogens is 232 g/mol. The lowest BCUT2D eigenvalue weighted by Crippen LogP contribution is -2.29. The predicted molar refractivity (Wildman–Crippen MR) is 83.5 cm³/mol. The van der Waals surface area contributed by atoms with Gasteiger partial charge in [0.2, 0.25) is 0 Å². The van der Waals surface area contributed by atoms with Gasteiger partial charge in [0, 0.05) is 6.04 Å². The molecule has 0 bridgehead atoms. The Bertz CT molecular complexity index is 217. The molecule has 0 aromatic carbocycles. The van der Waals surface area contributed by atoms with Crippen LogP contribution in [0.1, 0.15) is 71.1 Å². The maximum absolute atomic E-state index is 3.67. The maximum atomic E-state index is 3.67. The molecule has 2 N–H and O–H groups in total. The van der Waals surface area contributed by atoms with Crippen molar-refractivity contribution in [1.82, 2.24) is 10.6 Å². The standard InChI is InChI=1S/C17H34N2/c1-2-3-5-15-6-8-16(9-7-15)14-18-12-4-13-19-17-10-11-17/h15-19H,2-14H2,1H3. The van der Waals surface area contributed by atoms with Crippen molar-refractivity contribution in [3.63, 3.8) is 0 Å². The molecule has 0 radical (unpaired) electrons. The van der Waals surface area contributed by atoms with Crippen LogP contribution in [0.15, 0.2) is 0 Å². The molecule has 0 aromatic rings. The van der Waals surface area contributed by atoms with Crippen molar-refractivity contribution in [3.05, 3.63) is 0 Å². The molecule has 0 heterocycles. The minimum absolute atomic E-state index is 0.874. The number of hydrogen-bond donors (Lipinski definition) is 2. The molecule has 0 unspecified atom stereocenters. The normalized spacial score (nSPS) is 27.6. The van der Waals surface area contributed by atoms with E-state index in [1.165, 1.54) is 83.8 Å². The smallest absolute Gasteiger partial charge is 0.00682 e. The second-order valence-electron chi connectivity index (χ2n) is 6.82. The molecule has 0 saturated heterocycles. The van der Waals surface area contributed by atoms with E-state index in [1.54, 1.807) is 0 Å². The quantitative estimate of drug-likeness (QED) is 0.589. The molecule has 0 atom stereocenters. The van der Waals surface area contributed by atoms with E-state index in [9.17, 15) is 0 Å². The van der Waals surface area contributed by atoms with E-state index in [2.05, 4.69) is 17.6 Å². The highest BCUT2D eigenvalue weighted by Crippen LogP contribution is 2.31. The number of nitrogens with one attached hydrogen (secondary N) is 2. The second-order valence-corrected chi connectivity index (χ2v) is 6.82. The summed E-state index contributed by atoms with van der Waals surface area (Å²) in [6.07, 6.45) is 14.4. The molecule has 2 aliphatic carbocycles. The Morgan fingerprint density at radius 1 is 0.842 bits per heavy atom. The highest BCUT2D eigenvalue weighted by molar-refractivity contribution is 4.80. The third-order valence-electron chi connectivity index (χ3n) is 4.91. The van der Waals surface area contributed by atoms with Crippen LogP contribution in [-0.2, 0) is 0 Å². The van der Waals surface area contributed by atoms with Crippen LogP contribution in [0.3, 0.4) is 0 Å². The second kappa shape index (κ2) is 8.97. The molecule has 0 spiro atoms. The van der Waals surface area contributed by atoms with Crippen molar-refractivity contribution in [3.8, 4) is 0 Å². The summed E-state index contributed by atoms with van der Waals surface area (Å²) in [5.74, 6) is 2.02. The van der Waals surface area contributed by atoms with Gasteiger partial charge in [0.1, 0.15) is 0 Å². The Balaban J connectivity index is 1.39. The minimum Gasteiger partial charge on any atom is -0.316 e. The number of hydrogen-bond acceptors (Lipinski definition) is 2. The van der Waals surface area contributed by atoms with Crippen LogP contribution in [-0.4, -0.2) is 25.7 Å². The molecule has 0 amide bonds. The van der Waals surface area contributed by atoms with Crippen LogP contribution in [0.5, 0.6) is 0 Å². The fourth-order valence-electron chi connectivity index (χ4n) is 3.33. The fraction of sp³-hybridized carbons (Fsp3) is 1.00. The maximum Gasteiger partial charge on any atom is 0.00682 e. The summed E-state index contributed by atoms with van der Waals surface area (Å²) < 4.78 is 0. The van der Waals surface area contributed by atoms with Crippen molar-refractivity contribution in [2.24, 2.45) is 11.8 Å². The van der Waals surface area contributed by atoms with Gasteiger partial charge in [0.05, 0.1) is 0 Å². The van der Waals surface area contributed by atoms with Crippen molar-refractivity contribution >= 4 is 0 Å². The van der Waals surface area contributed by atoms with Gasteiger partial charge in [-0.1, -0.05) is 39.0 Å². The molecule has 2 aliphatic rings. The summed E-state index contributed by atoms with van der Waals surface area (Å²) in [5, 5.41) is 7.25. The van der Waals surface area contributed by atoms with Gasteiger partial charge in [-0.05, 0) is 63.6 Å². The van der Waals surface area contributed by atoms with Gasteiger partial charge in [-0.2, -0.15) is 0 Å². The molecule has 0 aliphatic heterocycles. The van der Waals surface area contributed by atoms with Crippen molar-refractivity contribution in [2.75, 3.05) is 19.6 Å². The molecule has 19 heavy (non-hydrogen) atoms. The van der Waals surface area contributed by atoms with E-state index in [0.29, 0.717) is 0 Å². The van der Waals surface area contributed by atoms with Crippen LogP contribution in [0.4, 0.5) is 0 Å². The Labute approximate surface area is 120 Å². The summed E-state index contributed by atoms with van der Waals surface area (Å²) in [7, 11) is 0. The van der Waals surface area contributed by atoms with Gasteiger partial charge in [-0.15, -0.1) is 0 Å². The Morgan fingerprint density at radius 2 is 1.58 bits per heavy atom. The Kier molecular flexibility index (Phi) is 7.23. The average molecular weight is 266 g/mol. The van der Waals surface area contributed by atoms with Gasteiger partial charge in [0.25, 0.3) is 0 Å². The first-order valence-corrected chi connectivity index (χ1v) is 8.82. The Morgan fingerprint density at radius 3 is 2.26 bits per heavy atom. The summed E-state index contributed by atoms with van der Waals surface area (Å²) >= 11 is 0. The van der Waals surface area contributed by atoms with E-state index >= 15 is 0 Å². The molecule has 2 heteroatoms.